The number of ether oxygens (including phenoxy) is 1. The van der Waals surface area contributed by atoms with Crippen LogP contribution in [0.15, 0.2) is 41.8 Å². The van der Waals surface area contributed by atoms with Crippen LogP contribution in [-0.2, 0) is 11.2 Å². The minimum absolute atomic E-state index is 0.338. The summed E-state index contributed by atoms with van der Waals surface area (Å²) < 4.78 is 7.29. The quantitative estimate of drug-likeness (QED) is 0.735. The van der Waals surface area contributed by atoms with E-state index in [9.17, 15) is 4.79 Å². The van der Waals surface area contributed by atoms with Gasteiger partial charge in [0.1, 0.15) is 5.60 Å². The van der Waals surface area contributed by atoms with Gasteiger partial charge in [-0.05, 0) is 32.9 Å². The number of amides is 1. The number of allylic oxidation sites excluding steroid dienone is 1. The van der Waals surface area contributed by atoms with E-state index in [2.05, 4.69) is 40.2 Å². The molecule has 2 aliphatic heterocycles. The molecule has 1 aromatic rings. The molecule has 0 saturated heterocycles. The van der Waals surface area contributed by atoms with Gasteiger partial charge in [-0.3, -0.25) is 9.89 Å². The minimum atomic E-state index is -0.445. The molecular formula is C16H21N3O2. The highest BCUT2D eigenvalue weighted by Crippen LogP contribution is 2.11. The second kappa shape index (κ2) is 6.43. The van der Waals surface area contributed by atoms with Crippen LogP contribution in [0.1, 0.15) is 26.5 Å². The zero-order chi connectivity index (χ0) is 15.3. The molecule has 0 atom stereocenters. The molecule has 2 aliphatic rings. The summed E-state index contributed by atoms with van der Waals surface area (Å²) in [6.45, 7) is 6.00. The fraction of sp³-hybridized carbons (Fsp3) is 0.375. The number of rotatable bonds is 0. The summed E-state index contributed by atoms with van der Waals surface area (Å²) >= 11 is 0. The van der Waals surface area contributed by atoms with Crippen molar-refractivity contribution >= 4 is 18.5 Å². The Morgan fingerprint density at radius 3 is 2.76 bits per heavy atom. The summed E-state index contributed by atoms with van der Waals surface area (Å²) in [6, 6.07) is 4.21. The first kappa shape index (κ1) is 15.1. The largest absolute Gasteiger partial charge is 0.443 e. The first-order valence-corrected chi connectivity index (χ1v) is 6.96. The Kier molecular flexibility index (Phi) is 4.62. The molecule has 1 amide bonds. The van der Waals surface area contributed by atoms with Crippen LogP contribution in [-0.4, -0.2) is 33.9 Å². The van der Waals surface area contributed by atoms with Crippen LogP contribution in [0.5, 0.6) is 0 Å². The number of hydrogen-bond donors (Lipinski definition) is 0. The van der Waals surface area contributed by atoms with Crippen molar-refractivity contribution in [2.75, 3.05) is 6.54 Å². The van der Waals surface area contributed by atoms with Crippen molar-refractivity contribution < 1.29 is 9.53 Å². The summed E-state index contributed by atoms with van der Waals surface area (Å²) in [5.74, 6) is 0. The van der Waals surface area contributed by atoms with Crippen molar-refractivity contribution in [1.29, 1.82) is 0 Å². The zero-order valence-electron chi connectivity index (χ0n) is 12.7. The third-order valence-corrected chi connectivity index (χ3v) is 2.80. The Morgan fingerprint density at radius 2 is 2.14 bits per heavy atom. The van der Waals surface area contributed by atoms with Gasteiger partial charge < -0.3 is 9.30 Å². The Labute approximate surface area is 125 Å². The number of aliphatic imine (C=N–C) groups is 1. The average molecular weight is 287 g/mol. The van der Waals surface area contributed by atoms with E-state index in [1.165, 1.54) is 10.6 Å². The summed E-state index contributed by atoms with van der Waals surface area (Å²) in [7, 11) is 0. The van der Waals surface area contributed by atoms with Gasteiger partial charge in [0.2, 0.25) is 0 Å². The lowest BCUT2D eigenvalue weighted by Crippen LogP contribution is -2.35. The van der Waals surface area contributed by atoms with E-state index in [4.69, 9.17) is 4.74 Å². The third kappa shape index (κ3) is 4.63. The van der Waals surface area contributed by atoms with Crippen molar-refractivity contribution in [2.24, 2.45) is 4.99 Å². The lowest BCUT2D eigenvalue weighted by Gasteiger charge is -2.24. The maximum atomic E-state index is 11.4. The van der Waals surface area contributed by atoms with Crippen molar-refractivity contribution in [3.63, 3.8) is 0 Å². The van der Waals surface area contributed by atoms with Gasteiger partial charge in [-0.2, -0.15) is 0 Å². The topological polar surface area (TPSA) is 46.8 Å². The molecule has 0 N–H and O–H groups in total. The van der Waals surface area contributed by atoms with Gasteiger partial charge in [0.05, 0.1) is 6.54 Å². The Balaban J connectivity index is 0.000000170. The third-order valence-electron chi connectivity index (χ3n) is 2.80. The first-order valence-electron chi connectivity index (χ1n) is 6.96. The summed E-state index contributed by atoms with van der Waals surface area (Å²) in [4.78, 5) is 16.7. The second-order valence-corrected chi connectivity index (χ2v) is 5.76. The molecule has 3 heterocycles. The lowest BCUT2D eigenvalue weighted by atomic mass is 10.2. The molecule has 5 nitrogen and oxygen atoms in total. The van der Waals surface area contributed by atoms with Gasteiger partial charge in [-0.1, -0.05) is 6.08 Å². The molecule has 5 heteroatoms. The van der Waals surface area contributed by atoms with E-state index < -0.39 is 5.60 Å². The fourth-order valence-corrected chi connectivity index (χ4v) is 1.87. The van der Waals surface area contributed by atoms with Crippen LogP contribution in [0, 0.1) is 0 Å². The number of carbonyl (C=O) groups excluding carboxylic acids is 1. The monoisotopic (exact) mass is 287 g/mol. The van der Waals surface area contributed by atoms with E-state index in [-0.39, 0.29) is 6.09 Å². The van der Waals surface area contributed by atoms with Crippen molar-refractivity contribution in [3.8, 4) is 0 Å². The molecule has 1 aromatic heterocycles. The highest BCUT2D eigenvalue weighted by molar-refractivity contribution is 5.75. The SMILES string of the molecule is C1=Cn2cccc2C1.CC(C)(C)OC(=O)N1C=CN=CC1. The maximum Gasteiger partial charge on any atom is 0.414 e. The van der Waals surface area contributed by atoms with Crippen LogP contribution < -0.4 is 0 Å². The Hall–Kier alpha value is -2.30. The Bertz CT molecular complexity index is 577. The van der Waals surface area contributed by atoms with Gasteiger partial charge in [-0.25, -0.2) is 4.79 Å². The van der Waals surface area contributed by atoms with E-state index in [0.717, 1.165) is 6.42 Å². The van der Waals surface area contributed by atoms with E-state index in [1.807, 2.05) is 20.8 Å². The summed E-state index contributed by atoms with van der Waals surface area (Å²) in [6.07, 6.45) is 11.9. The van der Waals surface area contributed by atoms with Crippen LogP contribution >= 0.6 is 0 Å². The molecule has 112 valence electrons. The molecule has 0 aromatic carbocycles. The molecule has 3 rings (SSSR count). The number of fused-ring (bicyclic) bond motifs is 1. The number of nitrogens with zero attached hydrogens (tertiary/aromatic N) is 3. The van der Waals surface area contributed by atoms with Crippen LogP contribution in [0.4, 0.5) is 4.79 Å². The molecule has 21 heavy (non-hydrogen) atoms. The van der Waals surface area contributed by atoms with Gasteiger partial charge in [-0.15, -0.1) is 0 Å². The lowest BCUT2D eigenvalue weighted by molar-refractivity contribution is 0.0356. The van der Waals surface area contributed by atoms with Gasteiger partial charge >= 0.3 is 6.09 Å². The van der Waals surface area contributed by atoms with Crippen molar-refractivity contribution in [1.82, 2.24) is 9.47 Å². The fourth-order valence-electron chi connectivity index (χ4n) is 1.87. The highest BCUT2D eigenvalue weighted by atomic mass is 16.6. The average Bonchev–Trinajstić information content (AvgIpc) is 3.01. The molecule has 0 unspecified atom stereocenters. The molecule has 0 spiro atoms. The molecule has 0 bridgehead atoms. The second-order valence-electron chi connectivity index (χ2n) is 5.76. The van der Waals surface area contributed by atoms with E-state index >= 15 is 0 Å². The normalized spacial score (nSPS) is 15.5. The maximum absolute atomic E-state index is 11.4. The van der Waals surface area contributed by atoms with Crippen LogP contribution in [0.25, 0.3) is 6.20 Å². The molecule has 0 fully saturated rings. The van der Waals surface area contributed by atoms with Gasteiger partial charge in [0, 0.05) is 43.1 Å². The summed E-state index contributed by atoms with van der Waals surface area (Å²) in [5, 5.41) is 0. The number of carbonyl (C=O) groups is 1. The molecule has 0 radical (unpaired) electrons. The highest BCUT2D eigenvalue weighted by Gasteiger charge is 2.20. The van der Waals surface area contributed by atoms with Crippen LogP contribution in [0.2, 0.25) is 0 Å². The van der Waals surface area contributed by atoms with E-state index in [0.29, 0.717) is 6.54 Å². The predicted octanol–water partition coefficient (Wildman–Crippen LogP) is 3.29. The van der Waals surface area contributed by atoms with E-state index in [1.54, 1.807) is 18.6 Å². The molecule has 0 aliphatic carbocycles. The molecule has 0 saturated carbocycles. The zero-order valence-corrected chi connectivity index (χ0v) is 12.7. The number of hydrogen-bond acceptors (Lipinski definition) is 3. The standard InChI is InChI=1S/C9H14N2O2.C7H7N/c1-9(2,3)13-8(12)11-6-4-10-5-7-11;1-3-7-4-2-6-8(7)5-1/h4-6H,7H2,1-3H3;1-3,5-6H,4H2. The smallest absolute Gasteiger partial charge is 0.414 e. The van der Waals surface area contributed by atoms with Gasteiger partial charge in [0.15, 0.2) is 0 Å². The van der Waals surface area contributed by atoms with Crippen molar-refractivity contribution in [2.45, 2.75) is 32.8 Å². The van der Waals surface area contributed by atoms with Crippen molar-refractivity contribution in [3.05, 3.63) is 42.5 Å². The first-order chi connectivity index (χ1) is 9.96. The molecular weight excluding hydrogens is 266 g/mol. The number of aromatic nitrogens is 1. The van der Waals surface area contributed by atoms with Crippen LogP contribution in [0.3, 0.4) is 0 Å². The summed E-state index contributed by atoms with van der Waals surface area (Å²) in [5.41, 5.74) is 0.949. The minimum Gasteiger partial charge on any atom is -0.443 e. The predicted molar refractivity (Wildman–Crippen MR) is 84.0 cm³/mol. The van der Waals surface area contributed by atoms with Gasteiger partial charge in [0.25, 0.3) is 0 Å². The Morgan fingerprint density at radius 1 is 1.33 bits per heavy atom.